The van der Waals surface area contributed by atoms with Gasteiger partial charge in [-0.1, -0.05) is 12.1 Å². The van der Waals surface area contributed by atoms with Crippen LogP contribution in [0.15, 0.2) is 65.1 Å². The number of hydrogen-bond acceptors (Lipinski definition) is 5. The molecule has 1 atom stereocenters. The zero-order valence-corrected chi connectivity index (χ0v) is 22.9. The van der Waals surface area contributed by atoms with Gasteiger partial charge in [0.05, 0.1) is 23.9 Å². The van der Waals surface area contributed by atoms with E-state index < -0.39 is 15.8 Å². The summed E-state index contributed by atoms with van der Waals surface area (Å²) in [6.45, 7) is 0.908. The lowest BCUT2D eigenvalue weighted by atomic mass is 9.88. The lowest BCUT2D eigenvalue weighted by Crippen LogP contribution is -2.40. The van der Waals surface area contributed by atoms with E-state index in [1.807, 2.05) is 0 Å². The Kier molecular flexibility index (Phi) is 7.46. The third kappa shape index (κ3) is 5.49. The van der Waals surface area contributed by atoms with Crippen molar-refractivity contribution < 1.29 is 31.2 Å². The van der Waals surface area contributed by atoms with Gasteiger partial charge in [0.1, 0.15) is 23.0 Å². The van der Waals surface area contributed by atoms with E-state index in [1.54, 1.807) is 29.2 Å². The molecule has 0 spiro atoms. The predicted octanol–water partition coefficient (Wildman–Crippen LogP) is 5.54. The predicted molar refractivity (Wildman–Crippen MR) is 149 cm³/mol. The molecule has 4 aromatic rings. The molecule has 0 N–H and O–H groups in total. The lowest BCUT2D eigenvalue weighted by molar-refractivity contribution is -0.131. The van der Waals surface area contributed by atoms with Crippen LogP contribution in [0, 0.1) is 11.6 Å². The number of carbonyl (C=O) groups excluding carboxylic acids is 2. The molecule has 3 aromatic carbocycles. The molecule has 0 bridgehead atoms. The van der Waals surface area contributed by atoms with E-state index in [0.29, 0.717) is 65.6 Å². The third-order valence-corrected chi connectivity index (χ3v) is 8.61. The largest absolute Gasteiger partial charge is 0.455 e. The topological polar surface area (TPSA) is 87.9 Å². The van der Waals surface area contributed by atoms with Gasteiger partial charge in [0.15, 0.2) is 6.29 Å². The fourth-order valence-electron chi connectivity index (χ4n) is 5.23. The minimum absolute atomic E-state index is 0.106. The first-order chi connectivity index (χ1) is 19.0. The average molecular weight is 567 g/mol. The van der Waals surface area contributed by atoms with Gasteiger partial charge >= 0.3 is 0 Å². The zero-order valence-electron chi connectivity index (χ0n) is 22.1. The molecular weight excluding hydrogens is 538 g/mol. The summed E-state index contributed by atoms with van der Waals surface area (Å²) in [5.41, 5.74) is 2.87. The van der Waals surface area contributed by atoms with Gasteiger partial charge in [-0.25, -0.2) is 17.2 Å². The molecule has 1 aliphatic heterocycles. The average Bonchev–Trinajstić information content (AvgIpc) is 3.30. The molecule has 0 aliphatic carbocycles. The highest BCUT2D eigenvalue weighted by atomic mass is 32.2. The Balaban J connectivity index is 1.55. The minimum atomic E-state index is -3.66. The van der Waals surface area contributed by atoms with E-state index in [-0.39, 0.29) is 35.4 Å². The SMILES string of the molecule is CN(c1cc2oc(-c3ccc(F)cc3)c(C=O)c2cc1C1CCCN(C(=O)Cc2ccc(F)cc2)C1)S(C)(=O)=O. The van der Waals surface area contributed by atoms with Crippen molar-refractivity contribution in [1.29, 1.82) is 0 Å². The van der Waals surface area contributed by atoms with Crippen molar-refractivity contribution in [3.8, 4) is 11.3 Å². The van der Waals surface area contributed by atoms with Gasteiger partial charge in [-0.2, -0.15) is 0 Å². The number of carbonyl (C=O) groups is 2. The summed E-state index contributed by atoms with van der Waals surface area (Å²) in [7, 11) is -2.21. The van der Waals surface area contributed by atoms with Crippen molar-refractivity contribution in [1.82, 2.24) is 4.90 Å². The van der Waals surface area contributed by atoms with E-state index in [2.05, 4.69) is 0 Å². The molecule has 1 amide bonds. The molecule has 7 nitrogen and oxygen atoms in total. The molecule has 1 aliphatic rings. The van der Waals surface area contributed by atoms with Gasteiger partial charge in [-0.3, -0.25) is 13.9 Å². The number of likely N-dealkylation sites (tertiary alicyclic amines) is 1. The van der Waals surface area contributed by atoms with Crippen LogP contribution < -0.4 is 4.31 Å². The second-order valence-electron chi connectivity index (χ2n) is 10.1. The summed E-state index contributed by atoms with van der Waals surface area (Å²) in [4.78, 5) is 27.1. The van der Waals surface area contributed by atoms with Crippen LogP contribution in [0.4, 0.5) is 14.5 Å². The molecule has 1 fully saturated rings. The fraction of sp³-hybridized carbons (Fsp3) is 0.267. The van der Waals surface area contributed by atoms with Crippen LogP contribution in [-0.4, -0.2) is 51.9 Å². The summed E-state index contributed by atoms with van der Waals surface area (Å²) in [5.74, 6) is -0.856. The van der Waals surface area contributed by atoms with Crippen LogP contribution in [0.2, 0.25) is 0 Å². The van der Waals surface area contributed by atoms with Crippen LogP contribution >= 0.6 is 0 Å². The van der Waals surface area contributed by atoms with Crippen molar-refractivity contribution in [3.63, 3.8) is 0 Å². The number of aldehydes is 1. The summed E-state index contributed by atoms with van der Waals surface area (Å²) < 4.78 is 59.2. The van der Waals surface area contributed by atoms with E-state index in [1.165, 1.54) is 47.8 Å². The Morgan fingerprint density at radius 1 is 1.07 bits per heavy atom. The molecule has 2 heterocycles. The van der Waals surface area contributed by atoms with Gasteiger partial charge < -0.3 is 9.32 Å². The van der Waals surface area contributed by atoms with Crippen molar-refractivity contribution in [3.05, 3.63) is 89.0 Å². The standard InChI is InChI=1S/C30H28F2N2O5S/c1-33(40(2,37)38)27-16-28-25(26(18-35)30(39-28)20-7-11-23(32)12-8-20)15-24(27)21-4-3-13-34(17-21)29(36)14-19-5-9-22(31)10-6-19/h5-12,15-16,18,21H,3-4,13-14,17H2,1-2H3. The molecule has 208 valence electrons. The Morgan fingerprint density at radius 3 is 2.35 bits per heavy atom. The minimum Gasteiger partial charge on any atom is -0.455 e. The number of fused-ring (bicyclic) bond motifs is 1. The maximum absolute atomic E-state index is 13.5. The molecular formula is C30H28F2N2O5S. The van der Waals surface area contributed by atoms with E-state index in [9.17, 15) is 26.8 Å². The number of anilines is 1. The highest BCUT2D eigenvalue weighted by Gasteiger charge is 2.30. The molecule has 1 saturated heterocycles. The fourth-order valence-corrected chi connectivity index (χ4v) is 5.74. The van der Waals surface area contributed by atoms with Crippen molar-refractivity contribution in [2.45, 2.75) is 25.2 Å². The molecule has 10 heteroatoms. The van der Waals surface area contributed by atoms with Gasteiger partial charge in [0, 0.05) is 43.1 Å². The quantitative estimate of drug-likeness (QED) is 0.274. The van der Waals surface area contributed by atoms with E-state index in [4.69, 9.17) is 4.42 Å². The number of sulfonamides is 1. The van der Waals surface area contributed by atoms with Crippen LogP contribution in [0.1, 0.15) is 40.2 Å². The number of furan rings is 1. The summed E-state index contributed by atoms with van der Waals surface area (Å²) >= 11 is 0. The van der Waals surface area contributed by atoms with Crippen molar-refractivity contribution in [2.24, 2.45) is 0 Å². The second kappa shape index (κ2) is 10.8. The Morgan fingerprint density at radius 2 is 1.73 bits per heavy atom. The number of nitrogens with zero attached hydrogens (tertiary/aromatic N) is 2. The molecule has 0 saturated carbocycles. The number of hydrogen-bond donors (Lipinski definition) is 0. The number of piperidine rings is 1. The van der Waals surface area contributed by atoms with Crippen molar-refractivity contribution in [2.75, 3.05) is 30.7 Å². The highest BCUT2D eigenvalue weighted by Crippen LogP contribution is 2.41. The van der Waals surface area contributed by atoms with Crippen molar-refractivity contribution >= 4 is 38.9 Å². The van der Waals surface area contributed by atoms with Gasteiger partial charge in [-0.15, -0.1) is 0 Å². The molecule has 1 aromatic heterocycles. The Hall–Kier alpha value is -4.05. The van der Waals surface area contributed by atoms with Gasteiger partial charge in [0.25, 0.3) is 0 Å². The second-order valence-corrected chi connectivity index (χ2v) is 12.1. The molecule has 0 radical (unpaired) electrons. The number of benzene rings is 3. The number of halogens is 2. The van der Waals surface area contributed by atoms with Crippen LogP contribution in [0.25, 0.3) is 22.3 Å². The first kappa shape index (κ1) is 27.5. The van der Waals surface area contributed by atoms with Crippen LogP contribution in [0.5, 0.6) is 0 Å². The van der Waals surface area contributed by atoms with Gasteiger partial charge in [-0.05, 0) is 66.4 Å². The maximum Gasteiger partial charge on any atom is 0.232 e. The summed E-state index contributed by atoms with van der Waals surface area (Å²) in [6, 6.07) is 14.7. The highest BCUT2D eigenvalue weighted by molar-refractivity contribution is 7.92. The summed E-state index contributed by atoms with van der Waals surface area (Å²) in [6.07, 6.45) is 3.30. The Labute approximate surface area is 231 Å². The number of amides is 1. The first-order valence-corrected chi connectivity index (χ1v) is 14.7. The zero-order chi connectivity index (χ0) is 28.6. The first-order valence-electron chi connectivity index (χ1n) is 12.8. The third-order valence-electron chi connectivity index (χ3n) is 7.42. The molecule has 40 heavy (non-hydrogen) atoms. The number of rotatable bonds is 7. The lowest BCUT2D eigenvalue weighted by Gasteiger charge is -2.35. The maximum atomic E-state index is 13.5. The normalized spacial score (nSPS) is 15.8. The molecule has 1 unspecified atom stereocenters. The van der Waals surface area contributed by atoms with E-state index in [0.717, 1.165) is 6.26 Å². The Bertz CT molecular complexity index is 1680. The summed E-state index contributed by atoms with van der Waals surface area (Å²) in [5, 5.41) is 0.504. The van der Waals surface area contributed by atoms with Crippen LogP contribution in [0.3, 0.4) is 0 Å². The smallest absolute Gasteiger partial charge is 0.232 e. The molecule has 5 rings (SSSR count). The van der Waals surface area contributed by atoms with E-state index >= 15 is 0 Å². The van der Waals surface area contributed by atoms with Crippen LogP contribution in [-0.2, 0) is 21.2 Å². The monoisotopic (exact) mass is 566 g/mol. The van der Waals surface area contributed by atoms with Gasteiger partial charge in [0.2, 0.25) is 15.9 Å².